The summed E-state index contributed by atoms with van der Waals surface area (Å²) in [6.07, 6.45) is 0.687. The standard InChI is InChI=1S/C17H14ClN3/c1-12-2-5-14(6-3-12)21-16-10-13(11-19)4-7-15(16)20-17(21)8-9-18/h2-7,10H,8-9H2,1H3. The second-order valence-electron chi connectivity index (χ2n) is 4.95. The minimum Gasteiger partial charge on any atom is -0.296 e. The van der Waals surface area contributed by atoms with Crippen LogP contribution in [0.25, 0.3) is 16.7 Å². The van der Waals surface area contributed by atoms with Gasteiger partial charge in [-0.25, -0.2) is 4.98 Å². The molecule has 104 valence electrons. The summed E-state index contributed by atoms with van der Waals surface area (Å²) in [4.78, 5) is 4.65. The van der Waals surface area contributed by atoms with E-state index in [0.29, 0.717) is 17.9 Å². The number of aromatic nitrogens is 2. The number of aryl methyl sites for hydroxylation is 2. The molecular formula is C17H14ClN3. The Balaban J connectivity index is 2.28. The maximum Gasteiger partial charge on any atom is 0.115 e. The van der Waals surface area contributed by atoms with Gasteiger partial charge < -0.3 is 0 Å². The van der Waals surface area contributed by atoms with Crippen LogP contribution in [0.1, 0.15) is 17.0 Å². The van der Waals surface area contributed by atoms with E-state index in [4.69, 9.17) is 16.9 Å². The van der Waals surface area contributed by atoms with Crippen LogP contribution >= 0.6 is 11.6 Å². The summed E-state index contributed by atoms with van der Waals surface area (Å²) >= 11 is 5.90. The summed E-state index contributed by atoms with van der Waals surface area (Å²) in [5.41, 5.74) is 4.71. The Bertz CT molecular complexity index is 826. The van der Waals surface area contributed by atoms with E-state index in [-0.39, 0.29) is 0 Å². The maximum atomic E-state index is 9.10. The highest BCUT2D eigenvalue weighted by atomic mass is 35.5. The van der Waals surface area contributed by atoms with E-state index in [9.17, 15) is 0 Å². The number of benzene rings is 2. The lowest BCUT2D eigenvalue weighted by atomic mass is 10.2. The Morgan fingerprint density at radius 1 is 1.19 bits per heavy atom. The maximum absolute atomic E-state index is 9.10. The lowest BCUT2D eigenvalue weighted by molar-refractivity contribution is 0.912. The van der Waals surface area contributed by atoms with Crippen molar-refractivity contribution >= 4 is 22.6 Å². The van der Waals surface area contributed by atoms with Gasteiger partial charge in [-0.3, -0.25) is 4.57 Å². The molecule has 0 aliphatic rings. The lowest BCUT2D eigenvalue weighted by Gasteiger charge is -2.09. The van der Waals surface area contributed by atoms with Gasteiger partial charge >= 0.3 is 0 Å². The van der Waals surface area contributed by atoms with Crippen LogP contribution in [0.2, 0.25) is 0 Å². The van der Waals surface area contributed by atoms with Crippen LogP contribution in [0.4, 0.5) is 0 Å². The first-order valence-corrected chi connectivity index (χ1v) is 7.31. The zero-order valence-corrected chi connectivity index (χ0v) is 12.4. The van der Waals surface area contributed by atoms with Crippen molar-refractivity contribution in [1.82, 2.24) is 9.55 Å². The molecule has 3 rings (SSSR count). The first-order valence-electron chi connectivity index (χ1n) is 6.77. The molecular weight excluding hydrogens is 282 g/mol. The van der Waals surface area contributed by atoms with E-state index in [1.54, 1.807) is 6.07 Å². The molecule has 0 aliphatic heterocycles. The fraction of sp³-hybridized carbons (Fsp3) is 0.176. The van der Waals surface area contributed by atoms with E-state index in [1.165, 1.54) is 5.56 Å². The van der Waals surface area contributed by atoms with Gasteiger partial charge in [0.05, 0.1) is 22.7 Å². The van der Waals surface area contributed by atoms with Gasteiger partial charge in [0.25, 0.3) is 0 Å². The molecule has 0 bridgehead atoms. The molecule has 0 saturated carbocycles. The highest BCUT2D eigenvalue weighted by molar-refractivity contribution is 6.17. The number of nitrogens with zero attached hydrogens (tertiary/aromatic N) is 3. The highest BCUT2D eigenvalue weighted by Gasteiger charge is 2.12. The van der Waals surface area contributed by atoms with Gasteiger partial charge in [-0.1, -0.05) is 17.7 Å². The largest absolute Gasteiger partial charge is 0.296 e. The van der Waals surface area contributed by atoms with E-state index in [0.717, 1.165) is 22.5 Å². The van der Waals surface area contributed by atoms with Crippen LogP contribution in [0.5, 0.6) is 0 Å². The fourth-order valence-corrected chi connectivity index (χ4v) is 2.60. The zero-order chi connectivity index (χ0) is 14.8. The van der Waals surface area contributed by atoms with Crippen molar-refractivity contribution in [2.75, 3.05) is 5.88 Å². The molecule has 0 saturated heterocycles. The molecule has 1 heterocycles. The number of rotatable bonds is 3. The van der Waals surface area contributed by atoms with E-state index in [1.807, 2.05) is 12.1 Å². The number of hydrogen-bond acceptors (Lipinski definition) is 2. The smallest absolute Gasteiger partial charge is 0.115 e. The van der Waals surface area contributed by atoms with E-state index >= 15 is 0 Å². The molecule has 0 spiro atoms. The van der Waals surface area contributed by atoms with Crippen molar-refractivity contribution in [3.63, 3.8) is 0 Å². The summed E-state index contributed by atoms with van der Waals surface area (Å²) in [6, 6.07) is 16.0. The van der Waals surface area contributed by atoms with E-state index < -0.39 is 0 Å². The van der Waals surface area contributed by atoms with Crippen LogP contribution in [0.15, 0.2) is 42.5 Å². The summed E-state index contributed by atoms with van der Waals surface area (Å²) in [6.45, 7) is 2.06. The molecule has 1 aromatic heterocycles. The van der Waals surface area contributed by atoms with Crippen LogP contribution < -0.4 is 0 Å². The predicted molar refractivity (Wildman–Crippen MR) is 84.9 cm³/mol. The quantitative estimate of drug-likeness (QED) is 0.686. The number of halogens is 1. The Morgan fingerprint density at radius 3 is 2.62 bits per heavy atom. The van der Waals surface area contributed by atoms with Gasteiger partial charge in [-0.05, 0) is 37.3 Å². The number of imidazole rings is 1. The second-order valence-corrected chi connectivity index (χ2v) is 5.33. The molecule has 3 nitrogen and oxygen atoms in total. The molecule has 0 aliphatic carbocycles. The summed E-state index contributed by atoms with van der Waals surface area (Å²) in [5, 5.41) is 9.10. The topological polar surface area (TPSA) is 41.6 Å². The molecule has 4 heteroatoms. The number of hydrogen-bond donors (Lipinski definition) is 0. The van der Waals surface area contributed by atoms with Crippen LogP contribution in [0, 0.1) is 18.3 Å². The molecule has 0 unspecified atom stereocenters. The van der Waals surface area contributed by atoms with Crippen LogP contribution in [-0.4, -0.2) is 15.4 Å². The Hall–Kier alpha value is -2.31. The second kappa shape index (κ2) is 5.59. The van der Waals surface area contributed by atoms with Crippen LogP contribution in [-0.2, 0) is 6.42 Å². The number of fused-ring (bicyclic) bond motifs is 1. The minimum absolute atomic E-state index is 0.514. The first-order chi connectivity index (χ1) is 10.2. The van der Waals surface area contributed by atoms with E-state index in [2.05, 4.69) is 46.8 Å². The molecule has 0 N–H and O–H groups in total. The van der Waals surface area contributed by atoms with Crippen molar-refractivity contribution in [2.24, 2.45) is 0 Å². The zero-order valence-electron chi connectivity index (χ0n) is 11.7. The molecule has 0 fully saturated rings. The summed E-state index contributed by atoms with van der Waals surface area (Å²) in [7, 11) is 0. The van der Waals surface area contributed by atoms with Crippen molar-refractivity contribution in [3.8, 4) is 11.8 Å². The van der Waals surface area contributed by atoms with Gasteiger partial charge in [0, 0.05) is 18.0 Å². The normalized spacial score (nSPS) is 10.7. The average Bonchev–Trinajstić information content (AvgIpc) is 2.85. The summed E-state index contributed by atoms with van der Waals surface area (Å²) in [5.74, 6) is 1.43. The van der Waals surface area contributed by atoms with Gasteiger partial charge in [-0.2, -0.15) is 5.26 Å². The third-order valence-corrected chi connectivity index (χ3v) is 3.65. The third kappa shape index (κ3) is 2.51. The van der Waals surface area contributed by atoms with Gasteiger partial charge in [0.2, 0.25) is 0 Å². The molecule has 0 atom stereocenters. The average molecular weight is 296 g/mol. The highest BCUT2D eigenvalue weighted by Crippen LogP contribution is 2.23. The molecule has 2 aromatic carbocycles. The lowest BCUT2D eigenvalue weighted by Crippen LogP contribution is -2.02. The monoisotopic (exact) mass is 295 g/mol. The minimum atomic E-state index is 0.514. The fourth-order valence-electron chi connectivity index (χ4n) is 2.43. The SMILES string of the molecule is Cc1ccc(-n2c(CCCl)nc3ccc(C#N)cc32)cc1. The Kier molecular flexibility index (Phi) is 3.64. The predicted octanol–water partition coefficient (Wildman–Crippen LogP) is 3.99. The van der Waals surface area contributed by atoms with Crippen LogP contribution in [0.3, 0.4) is 0 Å². The van der Waals surface area contributed by atoms with Crippen molar-refractivity contribution in [3.05, 3.63) is 59.4 Å². The number of nitriles is 1. The Morgan fingerprint density at radius 2 is 1.95 bits per heavy atom. The first kappa shape index (κ1) is 13.7. The molecule has 0 amide bonds. The third-order valence-electron chi connectivity index (χ3n) is 3.46. The van der Waals surface area contributed by atoms with Gasteiger partial charge in [0.1, 0.15) is 5.82 Å². The molecule has 21 heavy (non-hydrogen) atoms. The van der Waals surface area contributed by atoms with Gasteiger partial charge in [0.15, 0.2) is 0 Å². The van der Waals surface area contributed by atoms with Crippen molar-refractivity contribution in [2.45, 2.75) is 13.3 Å². The molecule has 0 radical (unpaired) electrons. The van der Waals surface area contributed by atoms with Crippen molar-refractivity contribution < 1.29 is 0 Å². The van der Waals surface area contributed by atoms with Gasteiger partial charge in [-0.15, -0.1) is 11.6 Å². The summed E-state index contributed by atoms with van der Waals surface area (Å²) < 4.78 is 2.08. The number of alkyl halides is 1. The molecule has 3 aromatic rings. The van der Waals surface area contributed by atoms with Crippen molar-refractivity contribution in [1.29, 1.82) is 5.26 Å². The Labute approximate surface area is 128 Å².